The van der Waals surface area contributed by atoms with Gasteiger partial charge >= 0.3 is 0 Å². The average molecular weight is 425 g/mol. The molecule has 1 atom stereocenters. The van der Waals surface area contributed by atoms with Gasteiger partial charge in [0.25, 0.3) is 0 Å². The zero-order chi connectivity index (χ0) is 22.1. The molecule has 6 rings (SSSR count). The molecule has 4 aromatic carbocycles. The van der Waals surface area contributed by atoms with E-state index in [2.05, 4.69) is 121 Å². The SMILES string of the molecule is C1=C2CCc3ccccc3C(c3ccccc3)(c3ccc(-c4ccccc4)cc3)C2=CCC1. The lowest BCUT2D eigenvalue weighted by Crippen LogP contribution is -2.33. The van der Waals surface area contributed by atoms with Crippen LogP contribution in [0.25, 0.3) is 11.1 Å². The van der Waals surface area contributed by atoms with E-state index >= 15 is 0 Å². The molecule has 0 heterocycles. The normalized spacial score (nSPS) is 19.5. The van der Waals surface area contributed by atoms with Crippen molar-refractivity contribution in [2.75, 3.05) is 0 Å². The summed E-state index contributed by atoms with van der Waals surface area (Å²) in [6, 6.07) is 40.3. The van der Waals surface area contributed by atoms with Crippen molar-refractivity contribution in [1.29, 1.82) is 0 Å². The molecule has 0 fully saturated rings. The Morgan fingerprint density at radius 3 is 1.88 bits per heavy atom. The van der Waals surface area contributed by atoms with Gasteiger partial charge in [0.15, 0.2) is 0 Å². The molecular weight excluding hydrogens is 396 g/mol. The summed E-state index contributed by atoms with van der Waals surface area (Å²) >= 11 is 0. The quantitative estimate of drug-likeness (QED) is 0.310. The number of hydrogen-bond donors (Lipinski definition) is 0. The molecule has 0 heteroatoms. The van der Waals surface area contributed by atoms with Gasteiger partial charge in [-0.15, -0.1) is 0 Å². The van der Waals surface area contributed by atoms with E-state index in [1.165, 1.54) is 44.5 Å². The van der Waals surface area contributed by atoms with E-state index in [9.17, 15) is 0 Å². The Morgan fingerprint density at radius 2 is 1.09 bits per heavy atom. The Morgan fingerprint density at radius 1 is 0.485 bits per heavy atom. The van der Waals surface area contributed by atoms with Gasteiger partial charge in [-0.2, -0.15) is 0 Å². The van der Waals surface area contributed by atoms with Gasteiger partial charge in [0.1, 0.15) is 0 Å². The second kappa shape index (κ2) is 8.37. The fourth-order valence-electron chi connectivity index (χ4n) is 5.90. The predicted molar refractivity (Wildman–Crippen MR) is 138 cm³/mol. The summed E-state index contributed by atoms with van der Waals surface area (Å²) in [7, 11) is 0. The minimum Gasteiger partial charge on any atom is -0.0807 e. The van der Waals surface area contributed by atoms with Crippen molar-refractivity contribution in [3.05, 3.63) is 155 Å². The number of fused-ring (bicyclic) bond motifs is 2. The van der Waals surface area contributed by atoms with Crippen molar-refractivity contribution in [2.24, 2.45) is 0 Å². The smallest absolute Gasteiger partial charge is 0.0703 e. The van der Waals surface area contributed by atoms with E-state index < -0.39 is 0 Å². The third-order valence-corrected chi connectivity index (χ3v) is 7.37. The molecular formula is C33H28. The summed E-state index contributed by atoms with van der Waals surface area (Å²) < 4.78 is 0. The minimum atomic E-state index is -0.296. The van der Waals surface area contributed by atoms with Crippen LogP contribution in [-0.4, -0.2) is 0 Å². The molecule has 0 aromatic heterocycles. The van der Waals surface area contributed by atoms with Crippen LogP contribution in [0.1, 0.15) is 41.5 Å². The molecule has 0 N–H and O–H groups in total. The fourth-order valence-corrected chi connectivity index (χ4v) is 5.90. The first kappa shape index (κ1) is 20.0. The highest BCUT2D eigenvalue weighted by atomic mass is 14.5. The van der Waals surface area contributed by atoms with E-state index in [1.54, 1.807) is 0 Å². The van der Waals surface area contributed by atoms with Crippen molar-refractivity contribution in [1.82, 2.24) is 0 Å². The topological polar surface area (TPSA) is 0 Å². The van der Waals surface area contributed by atoms with Crippen molar-refractivity contribution >= 4 is 0 Å². The summed E-state index contributed by atoms with van der Waals surface area (Å²) in [6.45, 7) is 0. The summed E-state index contributed by atoms with van der Waals surface area (Å²) in [5.74, 6) is 0. The highest BCUT2D eigenvalue weighted by molar-refractivity contribution is 5.69. The van der Waals surface area contributed by atoms with Crippen molar-refractivity contribution in [3.8, 4) is 11.1 Å². The molecule has 0 bridgehead atoms. The van der Waals surface area contributed by atoms with Gasteiger partial charge in [-0.3, -0.25) is 0 Å². The van der Waals surface area contributed by atoms with Gasteiger partial charge < -0.3 is 0 Å². The third-order valence-electron chi connectivity index (χ3n) is 7.37. The Balaban J connectivity index is 1.65. The maximum Gasteiger partial charge on any atom is 0.0703 e. The van der Waals surface area contributed by atoms with Crippen LogP contribution >= 0.6 is 0 Å². The summed E-state index contributed by atoms with van der Waals surface area (Å²) in [5, 5.41) is 0. The Bertz CT molecular complexity index is 1320. The van der Waals surface area contributed by atoms with Crippen LogP contribution in [0.3, 0.4) is 0 Å². The summed E-state index contributed by atoms with van der Waals surface area (Å²) in [4.78, 5) is 0. The van der Waals surface area contributed by atoms with E-state index in [0.29, 0.717) is 0 Å². The van der Waals surface area contributed by atoms with Crippen LogP contribution in [0.4, 0.5) is 0 Å². The van der Waals surface area contributed by atoms with Crippen LogP contribution in [0.2, 0.25) is 0 Å². The third kappa shape index (κ3) is 3.29. The number of allylic oxidation sites excluding steroid dienone is 4. The lowest BCUT2D eigenvalue weighted by molar-refractivity contribution is 0.718. The standard InChI is InChI=1S/C33H28/c1-3-11-25(12-4-1)26-21-23-30(24-22-26)33(29-15-5-2-6-16-29)31-17-9-7-13-27(31)19-20-28-14-8-10-18-32(28)33/h1-7,9,11-18,21-24H,8,10,19-20H2. The van der Waals surface area contributed by atoms with Gasteiger partial charge in [0.2, 0.25) is 0 Å². The van der Waals surface area contributed by atoms with Gasteiger partial charge in [-0.05, 0) is 70.2 Å². The van der Waals surface area contributed by atoms with Crippen molar-refractivity contribution in [3.63, 3.8) is 0 Å². The van der Waals surface area contributed by atoms with E-state index in [1.807, 2.05) is 0 Å². The average Bonchev–Trinajstić information content (AvgIpc) is 3.05. The van der Waals surface area contributed by atoms with Gasteiger partial charge in [-0.25, -0.2) is 0 Å². The largest absolute Gasteiger partial charge is 0.0807 e. The van der Waals surface area contributed by atoms with Gasteiger partial charge in [0, 0.05) is 0 Å². The molecule has 0 aliphatic heterocycles. The highest BCUT2D eigenvalue weighted by Crippen LogP contribution is 2.52. The molecule has 0 saturated carbocycles. The van der Waals surface area contributed by atoms with Crippen LogP contribution in [0, 0.1) is 0 Å². The first-order chi connectivity index (χ1) is 16.4. The first-order valence-electron chi connectivity index (χ1n) is 12.1. The maximum absolute atomic E-state index is 2.52. The lowest BCUT2D eigenvalue weighted by atomic mass is 9.62. The molecule has 0 radical (unpaired) electrons. The molecule has 0 nitrogen and oxygen atoms in total. The zero-order valence-electron chi connectivity index (χ0n) is 18.9. The zero-order valence-corrected chi connectivity index (χ0v) is 18.9. The maximum atomic E-state index is 2.52. The summed E-state index contributed by atoms with van der Waals surface area (Å²) in [5.41, 5.74) is 10.8. The Kier molecular flexibility index (Phi) is 5.07. The highest BCUT2D eigenvalue weighted by Gasteiger charge is 2.44. The van der Waals surface area contributed by atoms with Crippen LogP contribution in [0.15, 0.2) is 132 Å². The molecule has 2 aliphatic rings. The molecule has 1 unspecified atom stereocenters. The monoisotopic (exact) mass is 424 g/mol. The molecule has 2 aliphatic carbocycles. The molecule has 0 amide bonds. The molecule has 0 spiro atoms. The number of hydrogen-bond acceptors (Lipinski definition) is 0. The molecule has 4 aromatic rings. The van der Waals surface area contributed by atoms with E-state index in [-0.39, 0.29) is 5.41 Å². The predicted octanol–water partition coefficient (Wildman–Crippen LogP) is 8.28. The van der Waals surface area contributed by atoms with Crippen LogP contribution in [0.5, 0.6) is 0 Å². The summed E-state index contributed by atoms with van der Waals surface area (Å²) in [6.07, 6.45) is 9.48. The molecule has 160 valence electrons. The Hall–Kier alpha value is -3.64. The number of rotatable bonds is 3. The number of benzene rings is 4. The van der Waals surface area contributed by atoms with E-state index in [4.69, 9.17) is 0 Å². The minimum absolute atomic E-state index is 0.296. The van der Waals surface area contributed by atoms with Crippen LogP contribution in [-0.2, 0) is 11.8 Å². The molecule has 33 heavy (non-hydrogen) atoms. The lowest BCUT2D eigenvalue weighted by Gasteiger charge is -2.40. The second-order valence-corrected chi connectivity index (χ2v) is 9.14. The first-order valence-corrected chi connectivity index (χ1v) is 12.1. The van der Waals surface area contributed by atoms with E-state index in [0.717, 1.165) is 25.7 Å². The molecule has 0 saturated heterocycles. The van der Waals surface area contributed by atoms with Gasteiger partial charge in [0.05, 0.1) is 5.41 Å². The second-order valence-electron chi connectivity index (χ2n) is 9.14. The van der Waals surface area contributed by atoms with Crippen molar-refractivity contribution < 1.29 is 0 Å². The fraction of sp³-hybridized carbons (Fsp3) is 0.152. The Labute approximate surface area is 196 Å². The van der Waals surface area contributed by atoms with Crippen LogP contribution < -0.4 is 0 Å². The van der Waals surface area contributed by atoms with Crippen molar-refractivity contribution in [2.45, 2.75) is 31.1 Å². The van der Waals surface area contributed by atoms with Gasteiger partial charge in [-0.1, -0.05) is 121 Å². The number of aryl methyl sites for hydroxylation is 1.